The molecule has 0 aliphatic carbocycles. The molecule has 0 aliphatic rings. The van der Waals surface area contributed by atoms with Crippen LogP contribution < -0.4 is 10.1 Å². The summed E-state index contributed by atoms with van der Waals surface area (Å²) in [6.07, 6.45) is -2.79. The Morgan fingerprint density at radius 2 is 2.05 bits per heavy atom. The van der Waals surface area contributed by atoms with Crippen molar-refractivity contribution in [2.45, 2.75) is 12.8 Å². The number of alkyl halides is 3. The molecule has 22 heavy (non-hydrogen) atoms. The molecule has 2 rings (SSSR count). The van der Waals surface area contributed by atoms with Crippen molar-refractivity contribution in [3.05, 3.63) is 54.1 Å². The molecular formula is C14H10F4N2O2. The number of anilines is 1. The Labute approximate surface area is 122 Å². The summed E-state index contributed by atoms with van der Waals surface area (Å²) in [5, 5.41) is 2.31. The number of nitrogens with zero attached hydrogens (tertiary/aromatic N) is 1. The van der Waals surface area contributed by atoms with Gasteiger partial charge in [-0.15, -0.1) is 13.2 Å². The van der Waals surface area contributed by atoms with Gasteiger partial charge in [-0.25, -0.2) is 4.39 Å². The number of ether oxygens (including phenoxy) is 1. The molecule has 1 amide bonds. The SMILES string of the molecule is O=C(Cc1cccc(OC(F)(F)F)c1)Nc1ccncc1F. The third-order valence-corrected chi connectivity index (χ3v) is 2.54. The highest BCUT2D eigenvalue weighted by atomic mass is 19.4. The molecule has 4 nitrogen and oxygen atoms in total. The van der Waals surface area contributed by atoms with Gasteiger partial charge >= 0.3 is 6.36 Å². The number of carbonyl (C=O) groups excluding carboxylic acids is 1. The molecule has 1 N–H and O–H groups in total. The Morgan fingerprint density at radius 1 is 1.27 bits per heavy atom. The second-order valence-electron chi connectivity index (χ2n) is 4.28. The van der Waals surface area contributed by atoms with E-state index in [1.807, 2.05) is 0 Å². The zero-order chi connectivity index (χ0) is 16.2. The average Bonchev–Trinajstić information content (AvgIpc) is 2.40. The molecule has 0 unspecified atom stereocenters. The summed E-state index contributed by atoms with van der Waals surface area (Å²) < 4.78 is 53.4. The highest BCUT2D eigenvalue weighted by Crippen LogP contribution is 2.23. The van der Waals surface area contributed by atoms with E-state index in [4.69, 9.17) is 0 Å². The number of nitrogens with one attached hydrogen (secondary N) is 1. The zero-order valence-corrected chi connectivity index (χ0v) is 11.0. The molecule has 2 aromatic rings. The molecular weight excluding hydrogens is 304 g/mol. The fourth-order valence-corrected chi connectivity index (χ4v) is 1.71. The Balaban J connectivity index is 2.03. The van der Waals surface area contributed by atoms with E-state index in [0.29, 0.717) is 5.56 Å². The molecule has 1 heterocycles. The first-order chi connectivity index (χ1) is 10.3. The Bertz CT molecular complexity index is 674. The number of hydrogen-bond donors (Lipinski definition) is 1. The summed E-state index contributed by atoms with van der Waals surface area (Å²) in [5.41, 5.74) is 0.247. The molecule has 0 radical (unpaired) electrons. The van der Waals surface area contributed by atoms with E-state index in [-0.39, 0.29) is 12.1 Å². The normalized spacial score (nSPS) is 11.1. The summed E-state index contributed by atoms with van der Waals surface area (Å²) in [6.45, 7) is 0. The van der Waals surface area contributed by atoms with Gasteiger partial charge in [0.25, 0.3) is 0 Å². The van der Waals surface area contributed by atoms with Crippen LogP contribution in [0.3, 0.4) is 0 Å². The number of pyridine rings is 1. The van der Waals surface area contributed by atoms with Crippen LogP contribution in [0.1, 0.15) is 5.56 Å². The first-order valence-corrected chi connectivity index (χ1v) is 6.07. The smallest absolute Gasteiger partial charge is 0.406 e. The molecule has 0 fully saturated rings. The maximum absolute atomic E-state index is 13.3. The topological polar surface area (TPSA) is 51.2 Å². The minimum Gasteiger partial charge on any atom is -0.406 e. The van der Waals surface area contributed by atoms with Gasteiger partial charge in [0.15, 0.2) is 5.82 Å². The first kappa shape index (κ1) is 15.7. The Kier molecular flexibility index (Phi) is 4.59. The molecule has 1 aromatic heterocycles. The number of halogens is 4. The molecule has 116 valence electrons. The molecule has 0 atom stereocenters. The van der Waals surface area contributed by atoms with E-state index in [1.54, 1.807) is 0 Å². The van der Waals surface area contributed by atoms with Crippen LogP contribution in [0.15, 0.2) is 42.7 Å². The van der Waals surface area contributed by atoms with Crippen molar-refractivity contribution in [1.82, 2.24) is 4.98 Å². The maximum atomic E-state index is 13.3. The van der Waals surface area contributed by atoms with Gasteiger partial charge in [-0.1, -0.05) is 12.1 Å². The van der Waals surface area contributed by atoms with E-state index in [1.165, 1.54) is 24.4 Å². The summed E-state index contributed by atoms with van der Waals surface area (Å²) in [5.74, 6) is -1.70. The quantitative estimate of drug-likeness (QED) is 0.881. The van der Waals surface area contributed by atoms with Gasteiger partial charge < -0.3 is 10.1 Å². The lowest BCUT2D eigenvalue weighted by molar-refractivity contribution is -0.274. The number of rotatable bonds is 4. The van der Waals surface area contributed by atoms with Crippen molar-refractivity contribution in [1.29, 1.82) is 0 Å². The molecule has 0 saturated carbocycles. The van der Waals surface area contributed by atoms with Crippen molar-refractivity contribution in [2.24, 2.45) is 0 Å². The number of hydrogen-bond acceptors (Lipinski definition) is 3. The largest absolute Gasteiger partial charge is 0.573 e. The highest BCUT2D eigenvalue weighted by molar-refractivity contribution is 5.92. The minimum absolute atomic E-state index is 0.0531. The second-order valence-corrected chi connectivity index (χ2v) is 4.28. The third-order valence-electron chi connectivity index (χ3n) is 2.54. The summed E-state index contributed by atoms with van der Waals surface area (Å²) in [7, 11) is 0. The molecule has 1 aromatic carbocycles. The average molecular weight is 314 g/mol. The van der Waals surface area contributed by atoms with Gasteiger partial charge in [0, 0.05) is 6.20 Å². The van der Waals surface area contributed by atoms with Crippen LogP contribution in [-0.2, 0) is 11.2 Å². The van der Waals surface area contributed by atoms with E-state index < -0.39 is 23.8 Å². The van der Waals surface area contributed by atoms with E-state index >= 15 is 0 Å². The van der Waals surface area contributed by atoms with Gasteiger partial charge in [-0.3, -0.25) is 9.78 Å². The van der Waals surface area contributed by atoms with Crippen molar-refractivity contribution in [2.75, 3.05) is 5.32 Å². The van der Waals surface area contributed by atoms with Crippen LogP contribution in [0.25, 0.3) is 0 Å². The van der Waals surface area contributed by atoms with Gasteiger partial charge in [-0.2, -0.15) is 0 Å². The molecule has 0 saturated heterocycles. The predicted octanol–water partition coefficient (Wildman–Crippen LogP) is 3.30. The zero-order valence-electron chi connectivity index (χ0n) is 11.0. The van der Waals surface area contributed by atoms with Gasteiger partial charge in [0.05, 0.1) is 18.3 Å². The number of amides is 1. The summed E-state index contributed by atoms with van der Waals surface area (Å²) in [6, 6.07) is 6.28. The Hall–Kier alpha value is -2.64. The summed E-state index contributed by atoms with van der Waals surface area (Å²) >= 11 is 0. The van der Waals surface area contributed by atoms with Crippen molar-refractivity contribution in [3.63, 3.8) is 0 Å². The van der Waals surface area contributed by atoms with Crippen molar-refractivity contribution in [3.8, 4) is 5.75 Å². The van der Waals surface area contributed by atoms with Crippen LogP contribution in [0.4, 0.5) is 23.2 Å². The minimum atomic E-state index is -4.80. The van der Waals surface area contributed by atoms with Gasteiger partial charge in [0.1, 0.15) is 5.75 Å². The number of aromatic nitrogens is 1. The van der Waals surface area contributed by atoms with Crippen LogP contribution in [0.2, 0.25) is 0 Å². The van der Waals surface area contributed by atoms with E-state index in [0.717, 1.165) is 18.3 Å². The van der Waals surface area contributed by atoms with E-state index in [9.17, 15) is 22.4 Å². The van der Waals surface area contributed by atoms with Crippen LogP contribution in [-0.4, -0.2) is 17.3 Å². The fraction of sp³-hybridized carbons (Fsp3) is 0.143. The Morgan fingerprint density at radius 3 is 2.73 bits per heavy atom. The highest BCUT2D eigenvalue weighted by Gasteiger charge is 2.31. The second kappa shape index (κ2) is 6.42. The monoisotopic (exact) mass is 314 g/mol. The number of carbonyl (C=O) groups is 1. The van der Waals surface area contributed by atoms with Crippen molar-refractivity contribution < 1.29 is 27.1 Å². The standard InChI is InChI=1S/C14H10F4N2O2/c15-11-8-19-5-4-12(11)20-13(21)7-9-2-1-3-10(6-9)22-14(16,17)18/h1-6,8H,7H2,(H,19,20,21). The lowest BCUT2D eigenvalue weighted by atomic mass is 10.1. The lowest BCUT2D eigenvalue weighted by Gasteiger charge is -2.10. The van der Waals surface area contributed by atoms with Gasteiger partial charge in [0.2, 0.25) is 5.91 Å². The van der Waals surface area contributed by atoms with Gasteiger partial charge in [-0.05, 0) is 23.8 Å². The molecule has 0 spiro atoms. The fourth-order valence-electron chi connectivity index (χ4n) is 1.71. The predicted molar refractivity (Wildman–Crippen MR) is 69.7 cm³/mol. The van der Waals surface area contributed by atoms with Crippen LogP contribution in [0, 0.1) is 5.82 Å². The van der Waals surface area contributed by atoms with Crippen molar-refractivity contribution >= 4 is 11.6 Å². The number of benzene rings is 1. The molecule has 8 heteroatoms. The lowest BCUT2D eigenvalue weighted by Crippen LogP contribution is -2.18. The molecule has 0 bridgehead atoms. The van der Waals surface area contributed by atoms with Crippen LogP contribution >= 0.6 is 0 Å². The van der Waals surface area contributed by atoms with E-state index in [2.05, 4.69) is 15.0 Å². The third kappa shape index (κ3) is 4.72. The molecule has 0 aliphatic heterocycles. The van der Waals surface area contributed by atoms with Crippen LogP contribution in [0.5, 0.6) is 5.75 Å². The maximum Gasteiger partial charge on any atom is 0.573 e. The summed E-state index contributed by atoms with van der Waals surface area (Å²) in [4.78, 5) is 15.3. The first-order valence-electron chi connectivity index (χ1n) is 6.07.